The summed E-state index contributed by atoms with van der Waals surface area (Å²) in [5, 5.41) is 10.2. The molecule has 1 aliphatic carbocycles. The molecule has 0 aromatic heterocycles. The second-order valence-corrected chi connectivity index (χ2v) is 3.38. The Hall–Kier alpha value is -1.37. The Bertz CT molecular complexity index is 359. The van der Waals surface area contributed by atoms with Gasteiger partial charge in [0.05, 0.1) is 19.8 Å². The third-order valence-corrected chi connectivity index (χ3v) is 2.60. The molecule has 1 rings (SSSR count). The first-order valence-electron chi connectivity index (χ1n) is 4.88. The van der Waals surface area contributed by atoms with Gasteiger partial charge in [-0.3, -0.25) is 4.79 Å². The maximum Gasteiger partial charge on any atom is 0.223 e. The minimum absolute atomic E-state index is 0.159. The lowest BCUT2D eigenvalue weighted by Gasteiger charge is -2.36. The average Bonchev–Trinajstić information content (AvgIpc) is 2.36. The molecule has 0 aliphatic heterocycles. The van der Waals surface area contributed by atoms with Crippen molar-refractivity contribution in [3.8, 4) is 0 Å². The molecule has 0 spiro atoms. The van der Waals surface area contributed by atoms with Crippen LogP contribution in [0.3, 0.4) is 0 Å². The molecule has 0 bridgehead atoms. The Morgan fingerprint density at radius 1 is 1.29 bits per heavy atom. The van der Waals surface area contributed by atoms with E-state index in [1.54, 1.807) is 0 Å². The first kappa shape index (κ1) is 13.7. The summed E-state index contributed by atoms with van der Waals surface area (Å²) < 4.78 is 20.2. The normalized spacial score (nSPS) is 28.8. The Morgan fingerprint density at radius 2 is 1.94 bits per heavy atom. The van der Waals surface area contributed by atoms with Crippen LogP contribution in [-0.4, -0.2) is 51.7 Å². The van der Waals surface area contributed by atoms with Crippen LogP contribution < -0.4 is 0 Å². The zero-order valence-electron chi connectivity index (χ0n) is 10.2. The van der Waals surface area contributed by atoms with E-state index < -0.39 is 11.9 Å². The molecule has 6 heteroatoms. The molecule has 0 fully saturated rings. The zero-order chi connectivity index (χ0) is 13.1. The molecule has 0 amide bonds. The van der Waals surface area contributed by atoms with E-state index in [9.17, 15) is 9.90 Å². The molecule has 0 aromatic carbocycles. The number of allylic oxidation sites excluding steroid dienone is 1. The minimum Gasteiger partial charge on any atom is -0.497 e. The number of ether oxygens (including phenoxy) is 4. The second-order valence-electron chi connectivity index (χ2n) is 3.38. The third-order valence-electron chi connectivity index (χ3n) is 2.60. The number of aldehydes is 1. The van der Waals surface area contributed by atoms with Gasteiger partial charge in [-0.25, -0.2) is 0 Å². The summed E-state index contributed by atoms with van der Waals surface area (Å²) in [4.78, 5) is 11.0. The van der Waals surface area contributed by atoms with Crippen LogP contribution in [0, 0.1) is 0 Å². The quantitative estimate of drug-likeness (QED) is 0.541. The number of hydrogen-bond donors (Lipinski definition) is 1. The molecule has 2 atom stereocenters. The largest absolute Gasteiger partial charge is 0.497 e. The van der Waals surface area contributed by atoms with Crippen LogP contribution in [0.5, 0.6) is 0 Å². The lowest BCUT2D eigenvalue weighted by molar-refractivity contribution is -0.216. The molecule has 0 heterocycles. The van der Waals surface area contributed by atoms with Gasteiger partial charge >= 0.3 is 0 Å². The van der Waals surface area contributed by atoms with Crippen LogP contribution in [0.2, 0.25) is 0 Å². The van der Waals surface area contributed by atoms with E-state index in [0.717, 1.165) is 0 Å². The summed E-state index contributed by atoms with van der Waals surface area (Å²) in [7, 11) is 5.45. The van der Waals surface area contributed by atoms with Crippen molar-refractivity contribution in [2.24, 2.45) is 0 Å². The smallest absolute Gasteiger partial charge is 0.223 e. The highest BCUT2D eigenvalue weighted by Crippen LogP contribution is 2.34. The van der Waals surface area contributed by atoms with Crippen molar-refractivity contribution in [3.05, 3.63) is 23.2 Å². The van der Waals surface area contributed by atoms with Gasteiger partial charge in [-0.15, -0.1) is 0 Å². The van der Waals surface area contributed by atoms with Gasteiger partial charge in [0.15, 0.2) is 12.4 Å². The van der Waals surface area contributed by atoms with E-state index in [2.05, 4.69) is 0 Å². The van der Waals surface area contributed by atoms with Gasteiger partial charge in [0.2, 0.25) is 5.79 Å². The molecule has 1 N–H and O–H groups in total. The summed E-state index contributed by atoms with van der Waals surface area (Å²) >= 11 is 0. The number of hydrogen-bond acceptors (Lipinski definition) is 6. The van der Waals surface area contributed by atoms with E-state index in [-0.39, 0.29) is 17.1 Å². The van der Waals surface area contributed by atoms with Crippen molar-refractivity contribution in [2.45, 2.75) is 11.9 Å². The van der Waals surface area contributed by atoms with Crippen molar-refractivity contribution in [1.29, 1.82) is 0 Å². The van der Waals surface area contributed by atoms with Crippen LogP contribution in [0.15, 0.2) is 23.2 Å². The predicted molar refractivity (Wildman–Crippen MR) is 57.9 cm³/mol. The van der Waals surface area contributed by atoms with Crippen LogP contribution in [0.1, 0.15) is 0 Å². The standard InChI is InChI=1S/C11H16O6/c1-14-8-5-11(13,17-4)10(16-3)9(15-2)7(8)6-12/h5-6,10,13H,1-4H3. The average molecular weight is 244 g/mol. The van der Waals surface area contributed by atoms with Gasteiger partial charge in [-0.05, 0) is 0 Å². The third kappa shape index (κ3) is 2.19. The van der Waals surface area contributed by atoms with Crippen molar-refractivity contribution < 1.29 is 28.8 Å². The van der Waals surface area contributed by atoms with Gasteiger partial charge in [0.1, 0.15) is 11.5 Å². The van der Waals surface area contributed by atoms with E-state index in [1.165, 1.54) is 34.5 Å². The van der Waals surface area contributed by atoms with Crippen LogP contribution in [0.25, 0.3) is 0 Å². The van der Waals surface area contributed by atoms with Gasteiger partial charge < -0.3 is 24.1 Å². The predicted octanol–water partition coefficient (Wildman–Crippen LogP) is -0.0203. The molecule has 0 aromatic rings. The monoisotopic (exact) mass is 244 g/mol. The Labute approximate surface area is 99.4 Å². The SMILES string of the molecule is COC1=CC(O)(OC)C(OC)C(OC)=C1C=O. The van der Waals surface area contributed by atoms with E-state index >= 15 is 0 Å². The lowest BCUT2D eigenvalue weighted by atomic mass is 9.95. The second kappa shape index (κ2) is 5.31. The lowest BCUT2D eigenvalue weighted by Crippen LogP contribution is -2.48. The molecule has 2 unspecified atom stereocenters. The Morgan fingerprint density at radius 3 is 2.29 bits per heavy atom. The summed E-state index contributed by atoms with van der Waals surface area (Å²) in [5.41, 5.74) is 0.184. The van der Waals surface area contributed by atoms with Gasteiger partial charge in [0.25, 0.3) is 0 Å². The molecule has 17 heavy (non-hydrogen) atoms. The van der Waals surface area contributed by atoms with Crippen LogP contribution in [0.4, 0.5) is 0 Å². The highest BCUT2D eigenvalue weighted by Gasteiger charge is 2.45. The first-order chi connectivity index (χ1) is 8.07. The molecule has 6 nitrogen and oxygen atoms in total. The van der Waals surface area contributed by atoms with Crippen molar-refractivity contribution >= 4 is 6.29 Å². The number of carbonyl (C=O) groups excluding carboxylic acids is 1. The van der Waals surface area contributed by atoms with Crippen molar-refractivity contribution in [1.82, 2.24) is 0 Å². The summed E-state index contributed by atoms with van der Waals surface area (Å²) in [5.74, 6) is -1.40. The minimum atomic E-state index is -1.74. The molecule has 96 valence electrons. The molecule has 0 radical (unpaired) electrons. The Kier molecular flexibility index (Phi) is 4.28. The van der Waals surface area contributed by atoms with E-state index in [1.807, 2.05) is 0 Å². The van der Waals surface area contributed by atoms with Gasteiger partial charge in [-0.1, -0.05) is 0 Å². The van der Waals surface area contributed by atoms with E-state index in [0.29, 0.717) is 6.29 Å². The molecule has 1 aliphatic rings. The molecular formula is C11H16O6. The van der Waals surface area contributed by atoms with Gasteiger partial charge in [-0.2, -0.15) is 0 Å². The molecule has 0 saturated heterocycles. The maximum atomic E-state index is 11.0. The number of aliphatic hydroxyl groups is 1. The zero-order valence-corrected chi connectivity index (χ0v) is 10.2. The molecule has 0 saturated carbocycles. The highest BCUT2D eigenvalue weighted by molar-refractivity contribution is 5.81. The summed E-state index contributed by atoms with van der Waals surface area (Å²) in [6.45, 7) is 0. The van der Waals surface area contributed by atoms with Crippen LogP contribution in [-0.2, 0) is 23.7 Å². The topological polar surface area (TPSA) is 74.2 Å². The summed E-state index contributed by atoms with van der Waals surface area (Å²) in [6.07, 6.45) is 0.916. The highest BCUT2D eigenvalue weighted by atomic mass is 16.7. The Balaban J connectivity index is 3.36. The number of carbonyl (C=O) groups is 1. The van der Waals surface area contributed by atoms with Gasteiger partial charge in [0, 0.05) is 20.3 Å². The first-order valence-corrected chi connectivity index (χ1v) is 4.88. The fourth-order valence-corrected chi connectivity index (χ4v) is 1.74. The maximum absolute atomic E-state index is 11.0. The summed E-state index contributed by atoms with van der Waals surface area (Å²) in [6, 6.07) is 0. The number of rotatable bonds is 5. The fourth-order valence-electron chi connectivity index (χ4n) is 1.74. The van der Waals surface area contributed by atoms with Crippen LogP contribution >= 0.6 is 0 Å². The molecular weight excluding hydrogens is 228 g/mol. The van der Waals surface area contributed by atoms with Crippen molar-refractivity contribution in [3.63, 3.8) is 0 Å². The number of methoxy groups -OCH3 is 4. The van der Waals surface area contributed by atoms with E-state index in [4.69, 9.17) is 18.9 Å². The van der Waals surface area contributed by atoms with Crippen molar-refractivity contribution in [2.75, 3.05) is 28.4 Å². The fraction of sp³-hybridized carbons (Fsp3) is 0.545.